The molecule has 0 saturated carbocycles. The molecule has 0 amide bonds. The lowest BCUT2D eigenvalue weighted by Gasteiger charge is -2.30. The first-order chi connectivity index (χ1) is 13.2. The predicted molar refractivity (Wildman–Crippen MR) is 106 cm³/mol. The average Bonchev–Trinajstić information content (AvgIpc) is 2.85. The average molecular weight is 363 g/mol. The molecule has 0 spiro atoms. The predicted octanol–water partition coefficient (Wildman–Crippen LogP) is 4.04. The van der Waals surface area contributed by atoms with E-state index in [-0.39, 0.29) is 5.97 Å². The van der Waals surface area contributed by atoms with Crippen LogP contribution in [0.5, 0.6) is 5.75 Å². The molecule has 0 N–H and O–H groups in total. The van der Waals surface area contributed by atoms with Gasteiger partial charge in [-0.05, 0) is 35.6 Å². The van der Waals surface area contributed by atoms with Crippen LogP contribution < -0.4 is 4.74 Å². The van der Waals surface area contributed by atoms with Gasteiger partial charge < -0.3 is 9.47 Å². The first-order valence-corrected chi connectivity index (χ1v) is 9.60. The third-order valence-electron chi connectivity index (χ3n) is 5.35. The molecule has 1 fully saturated rings. The number of para-hydroxylation sites is 1. The van der Waals surface area contributed by atoms with Crippen molar-refractivity contribution in [2.75, 3.05) is 26.2 Å². The largest absolute Gasteiger partial charge is 0.488 e. The number of rotatable bonds is 3. The third kappa shape index (κ3) is 3.91. The Bertz CT molecular complexity index is 812. The maximum atomic E-state index is 11.0. The number of carbonyl (C=O) groups is 1. The van der Waals surface area contributed by atoms with Gasteiger partial charge in [-0.25, -0.2) is 0 Å². The van der Waals surface area contributed by atoms with Crippen LogP contribution in [-0.2, 0) is 16.1 Å². The van der Waals surface area contributed by atoms with Gasteiger partial charge in [-0.15, -0.1) is 0 Å². The van der Waals surface area contributed by atoms with Crippen LogP contribution in [0.3, 0.4) is 0 Å². The molecule has 2 aliphatic rings. The van der Waals surface area contributed by atoms with Crippen molar-refractivity contribution in [1.29, 1.82) is 0 Å². The Balaban J connectivity index is 1.62. The van der Waals surface area contributed by atoms with Crippen LogP contribution in [0.1, 0.15) is 36.5 Å². The van der Waals surface area contributed by atoms with Gasteiger partial charge in [0.05, 0.1) is 0 Å². The van der Waals surface area contributed by atoms with E-state index in [2.05, 4.69) is 47.4 Å². The standard InChI is InChI=1S/C23H25NO3/c1-17(25)26-15-14-24-12-10-18(11-13-24)23-20-7-3-2-6-19(20)16-27-22-9-5-4-8-21(22)23/h2-9H,10-16H2,1H3. The number of fused-ring (bicyclic) bond motifs is 2. The summed E-state index contributed by atoms with van der Waals surface area (Å²) in [6.45, 7) is 5.33. The minimum atomic E-state index is -0.207. The van der Waals surface area contributed by atoms with E-state index in [1.54, 1.807) is 0 Å². The van der Waals surface area contributed by atoms with Crippen molar-refractivity contribution < 1.29 is 14.3 Å². The molecule has 4 heteroatoms. The van der Waals surface area contributed by atoms with Crippen LogP contribution in [0, 0.1) is 0 Å². The monoisotopic (exact) mass is 363 g/mol. The molecule has 140 valence electrons. The number of hydrogen-bond donors (Lipinski definition) is 0. The molecule has 2 heterocycles. The quantitative estimate of drug-likeness (QED) is 0.772. The van der Waals surface area contributed by atoms with Gasteiger partial charge in [-0.1, -0.05) is 48.0 Å². The van der Waals surface area contributed by atoms with E-state index in [4.69, 9.17) is 9.47 Å². The highest BCUT2D eigenvalue weighted by Crippen LogP contribution is 2.40. The third-order valence-corrected chi connectivity index (χ3v) is 5.35. The lowest BCUT2D eigenvalue weighted by molar-refractivity contribution is -0.141. The molecular formula is C23H25NO3. The molecular weight excluding hydrogens is 338 g/mol. The lowest BCUT2D eigenvalue weighted by Crippen LogP contribution is -2.34. The van der Waals surface area contributed by atoms with Crippen molar-refractivity contribution >= 4 is 11.5 Å². The Hall–Kier alpha value is -2.59. The molecule has 1 saturated heterocycles. The molecule has 4 nitrogen and oxygen atoms in total. The summed E-state index contributed by atoms with van der Waals surface area (Å²) in [5.74, 6) is 0.759. The Morgan fingerprint density at radius 2 is 1.74 bits per heavy atom. The first kappa shape index (κ1) is 17.8. The first-order valence-electron chi connectivity index (χ1n) is 9.60. The summed E-state index contributed by atoms with van der Waals surface area (Å²) in [5, 5.41) is 0. The molecule has 4 rings (SSSR count). The number of carbonyl (C=O) groups excluding carboxylic acids is 1. The number of hydrogen-bond acceptors (Lipinski definition) is 4. The van der Waals surface area contributed by atoms with Gasteiger partial charge in [0.2, 0.25) is 0 Å². The Morgan fingerprint density at radius 3 is 2.52 bits per heavy atom. The Morgan fingerprint density at radius 1 is 1.04 bits per heavy atom. The second-order valence-corrected chi connectivity index (χ2v) is 7.10. The van der Waals surface area contributed by atoms with Crippen molar-refractivity contribution in [3.05, 3.63) is 70.8 Å². The smallest absolute Gasteiger partial charge is 0.302 e. The zero-order valence-corrected chi connectivity index (χ0v) is 15.7. The molecule has 0 bridgehead atoms. The van der Waals surface area contributed by atoms with Crippen LogP contribution >= 0.6 is 0 Å². The molecule has 0 aliphatic carbocycles. The maximum Gasteiger partial charge on any atom is 0.302 e. The molecule has 0 radical (unpaired) electrons. The Labute approximate surface area is 160 Å². The van der Waals surface area contributed by atoms with E-state index in [0.717, 1.165) is 38.2 Å². The number of piperidine rings is 1. The number of benzene rings is 2. The van der Waals surface area contributed by atoms with Crippen LogP contribution in [0.2, 0.25) is 0 Å². The molecule has 2 aliphatic heterocycles. The van der Waals surface area contributed by atoms with Crippen molar-refractivity contribution in [1.82, 2.24) is 4.90 Å². The fourth-order valence-corrected chi connectivity index (χ4v) is 3.99. The van der Waals surface area contributed by atoms with Crippen LogP contribution in [0.15, 0.2) is 54.1 Å². The van der Waals surface area contributed by atoms with Gasteiger partial charge in [0.1, 0.15) is 19.0 Å². The van der Waals surface area contributed by atoms with E-state index in [9.17, 15) is 4.79 Å². The normalized spacial score (nSPS) is 16.8. The van der Waals surface area contributed by atoms with Crippen molar-refractivity contribution in [3.8, 4) is 5.75 Å². The number of esters is 1. The van der Waals surface area contributed by atoms with Gasteiger partial charge in [-0.3, -0.25) is 9.69 Å². The summed E-state index contributed by atoms with van der Waals surface area (Å²) in [4.78, 5) is 13.3. The van der Waals surface area contributed by atoms with E-state index in [1.165, 1.54) is 34.8 Å². The second kappa shape index (κ2) is 7.97. The SMILES string of the molecule is CC(=O)OCCN1CCC(=C2c3ccccc3COc3ccccc32)CC1. The van der Waals surface area contributed by atoms with Gasteiger partial charge in [0, 0.05) is 32.1 Å². The van der Waals surface area contributed by atoms with E-state index in [0.29, 0.717) is 13.2 Å². The van der Waals surface area contributed by atoms with Crippen LogP contribution in [-0.4, -0.2) is 37.1 Å². The topological polar surface area (TPSA) is 38.8 Å². The maximum absolute atomic E-state index is 11.0. The van der Waals surface area contributed by atoms with E-state index >= 15 is 0 Å². The highest BCUT2D eigenvalue weighted by Gasteiger charge is 2.24. The van der Waals surface area contributed by atoms with Gasteiger partial charge >= 0.3 is 5.97 Å². The van der Waals surface area contributed by atoms with Gasteiger partial charge in [-0.2, -0.15) is 0 Å². The van der Waals surface area contributed by atoms with Crippen molar-refractivity contribution in [3.63, 3.8) is 0 Å². The van der Waals surface area contributed by atoms with Crippen LogP contribution in [0.4, 0.5) is 0 Å². The Kier molecular flexibility index (Phi) is 5.26. The molecule has 2 aromatic carbocycles. The molecule has 27 heavy (non-hydrogen) atoms. The van der Waals surface area contributed by atoms with Gasteiger partial charge in [0.15, 0.2) is 0 Å². The van der Waals surface area contributed by atoms with Gasteiger partial charge in [0.25, 0.3) is 0 Å². The summed E-state index contributed by atoms with van der Waals surface area (Å²) in [6.07, 6.45) is 2.05. The molecule has 0 unspecified atom stereocenters. The zero-order chi connectivity index (χ0) is 18.6. The second-order valence-electron chi connectivity index (χ2n) is 7.10. The minimum absolute atomic E-state index is 0.207. The van der Waals surface area contributed by atoms with Crippen LogP contribution in [0.25, 0.3) is 5.57 Å². The van der Waals surface area contributed by atoms with E-state index < -0.39 is 0 Å². The summed E-state index contributed by atoms with van der Waals surface area (Å²) < 4.78 is 11.2. The highest BCUT2D eigenvalue weighted by molar-refractivity contribution is 5.87. The fraction of sp³-hybridized carbons (Fsp3) is 0.348. The minimum Gasteiger partial charge on any atom is -0.488 e. The molecule has 0 atom stereocenters. The number of likely N-dealkylation sites (tertiary alicyclic amines) is 1. The molecule has 2 aromatic rings. The van der Waals surface area contributed by atoms with E-state index in [1.807, 2.05) is 6.07 Å². The summed E-state index contributed by atoms with van der Waals surface area (Å²) in [5.41, 5.74) is 6.58. The van der Waals surface area contributed by atoms with Crippen molar-refractivity contribution in [2.45, 2.75) is 26.4 Å². The number of ether oxygens (including phenoxy) is 2. The number of nitrogens with zero attached hydrogens (tertiary/aromatic N) is 1. The van der Waals surface area contributed by atoms with Crippen molar-refractivity contribution in [2.24, 2.45) is 0 Å². The summed E-state index contributed by atoms with van der Waals surface area (Å²) in [7, 11) is 0. The molecule has 0 aromatic heterocycles. The fourth-order valence-electron chi connectivity index (χ4n) is 3.99. The summed E-state index contributed by atoms with van der Waals surface area (Å²) in [6, 6.07) is 16.9. The lowest BCUT2D eigenvalue weighted by atomic mass is 9.86. The highest BCUT2D eigenvalue weighted by atomic mass is 16.5. The zero-order valence-electron chi connectivity index (χ0n) is 15.7. The summed E-state index contributed by atoms with van der Waals surface area (Å²) >= 11 is 0.